The fourth-order valence-electron chi connectivity index (χ4n) is 4.22. The Kier molecular flexibility index (Phi) is 9.26. The van der Waals surface area contributed by atoms with Crippen molar-refractivity contribution in [3.63, 3.8) is 0 Å². The normalized spacial score (nSPS) is 15.9. The first-order chi connectivity index (χ1) is 17.8. The lowest BCUT2D eigenvalue weighted by atomic mass is 10.0. The van der Waals surface area contributed by atoms with Gasteiger partial charge in [-0.25, -0.2) is 8.42 Å². The second-order valence-electron chi connectivity index (χ2n) is 8.84. The molecular weight excluding hydrogens is 527 g/mol. The van der Waals surface area contributed by atoms with Crippen molar-refractivity contribution in [1.29, 1.82) is 0 Å². The van der Waals surface area contributed by atoms with Gasteiger partial charge < -0.3 is 20.1 Å². The summed E-state index contributed by atoms with van der Waals surface area (Å²) in [5.74, 6) is 0.249. The summed E-state index contributed by atoms with van der Waals surface area (Å²) in [5, 5.41) is 5.52. The number of rotatable bonds is 9. The predicted octanol–water partition coefficient (Wildman–Crippen LogP) is 2.74. The molecule has 2 amide bonds. The molecular formula is C25H30F3N3O6S. The Bertz CT molecular complexity index is 1240. The van der Waals surface area contributed by atoms with Crippen LogP contribution in [0.3, 0.4) is 0 Å². The number of amides is 2. The highest BCUT2D eigenvalue weighted by Crippen LogP contribution is 2.31. The first-order valence-electron chi connectivity index (χ1n) is 11.8. The number of hydrogen-bond donors (Lipinski definition) is 2. The van der Waals surface area contributed by atoms with E-state index in [2.05, 4.69) is 10.6 Å². The van der Waals surface area contributed by atoms with Crippen LogP contribution in [0.25, 0.3) is 0 Å². The summed E-state index contributed by atoms with van der Waals surface area (Å²) >= 11 is 0. The third-order valence-electron chi connectivity index (χ3n) is 6.23. The van der Waals surface area contributed by atoms with E-state index < -0.39 is 39.6 Å². The van der Waals surface area contributed by atoms with Gasteiger partial charge in [0.05, 0.1) is 24.7 Å². The number of carbonyl (C=O) groups is 2. The van der Waals surface area contributed by atoms with Crippen LogP contribution < -0.4 is 20.1 Å². The van der Waals surface area contributed by atoms with E-state index >= 15 is 0 Å². The van der Waals surface area contributed by atoms with E-state index in [4.69, 9.17) is 9.47 Å². The minimum Gasteiger partial charge on any atom is -0.497 e. The third-order valence-corrected chi connectivity index (χ3v) is 8.14. The lowest BCUT2D eigenvalue weighted by Gasteiger charge is -2.32. The molecule has 0 aliphatic carbocycles. The number of methoxy groups -OCH3 is 2. The molecule has 2 aromatic carbocycles. The number of benzene rings is 2. The number of hydrogen-bond acceptors (Lipinski definition) is 6. The molecule has 2 aromatic rings. The third kappa shape index (κ3) is 7.16. The van der Waals surface area contributed by atoms with E-state index in [-0.39, 0.29) is 30.4 Å². The highest BCUT2D eigenvalue weighted by atomic mass is 32.2. The maximum Gasteiger partial charge on any atom is 0.416 e. The van der Waals surface area contributed by atoms with Crippen molar-refractivity contribution in [3.8, 4) is 11.5 Å². The summed E-state index contributed by atoms with van der Waals surface area (Å²) in [6.07, 6.45) is -3.85. The molecule has 1 saturated heterocycles. The maximum absolute atomic E-state index is 13.1. The zero-order chi connectivity index (χ0) is 28.1. The first-order valence-corrected chi connectivity index (χ1v) is 13.2. The number of piperidine rings is 1. The van der Waals surface area contributed by atoms with Crippen molar-refractivity contribution in [2.45, 2.75) is 49.3 Å². The SMILES string of the molecule is COc1ccc(OC)c(CC(NC(C)=O)C(=O)NC2CCN(S(=O)(=O)c3ccc(C(F)(F)F)cc3)CC2)c1. The Morgan fingerprint density at radius 3 is 2.21 bits per heavy atom. The maximum atomic E-state index is 13.1. The van der Waals surface area contributed by atoms with E-state index in [0.29, 0.717) is 29.9 Å². The van der Waals surface area contributed by atoms with E-state index in [1.807, 2.05) is 0 Å². The van der Waals surface area contributed by atoms with E-state index in [0.717, 1.165) is 24.3 Å². The second-order valence-corrected chi connectivity index (χ2v) is 10.8. The molecule has 0 aromatic heterocycles. The lowest BCUT2D eigenvalue weighted by Crippen LogP contribution is -2.53. The van der Waals surface area contributed by atoms with Gasteiger partial charge in [0, 0.05) is 38.0 Å². The van der Waals surface area contributed by atoms with Gasteiger partial charge in [-0.1, -0.05) is 0 Å². The Labute approximate surface area is 219 Å². The number of halogens is 3. The van der Waals surface area contributed by atoms with Crippen molar-refractivity contribution in [2.75, 3.05) is 27.3 Å². The average molecular weight is 558 g/mol. The molecule has 1 fully saturated rings. The van der Waals surface area contributed by atoms with Crippen LogP contribution >= 0.6 is 0 Å². The van der Waals surface area contributed by atoms with Crippen LogP contribution in [0.15, 0.2) is 47.4 Å². The van der Waals surface area contributed by atoms with Gasteiger partial charge in [0.25, 0.3) is 0 Å². The number of carbonyl (C=O) groups excluding carboxylic acids is 2. The summed E-state index contributed by atoms with van der Waals surface area (Å²) in [6.45, 7) is 1.44. The van der Waals surface area contributed by atoms with Crippen molar-refractivity contribution in [2.24, 2.45) is 0 Å². The highest BCUT2D eigenvalue weighted by molar-refractivity contribution is 7.89. The monoisotopic (exact) mass is 557 g/mol. The van der Waals surface area contributed by atoms with Crippen LogP contribution in [0.1, 0.15) is 30.9 Å². The minimum absolute atomic E-state index is 0.0722. The summed E-state index contributed by atoms with van der Waals surface area (Å²) in [6, 6.07) is 7.21. The van der Waals surface area contributed by atoms with Crippen molar-refractivity contribution >= 4 is 21.8 Å². The molecule has 9 nitrogen and oxygen atoms in total. The van der Waals surface area contributed by atoms with Crippen LogP contribution in [0.2, 0.25) is 0 Å². The van der Waals surface area contributed by atoms with Crippen LogP contribution in [0.5, 0.6) is 11.5 Å². The number of ether oxygens (including phenoxy) is 2. The Morgan fingerprint density at radius 2 is 1.68 bits per heavy atom. The highest BCUT2D eigenvalue weighted by Gasteiger charge is 2.34. The molecule has 13 heteroatoms. The van der Waals surface area contributed by atoms with Gasteiger partial charge in [0.15, 0.2) is 0 Å². The standard InChI is InChI=1S/C25H30F3N3O6S/c1-16(32)29-22(15-17-14-20(36-2)6-9-23(17)37-3)24(33)30-19-10-12-31(13-11-19)38(34,35)21-7-4-18(5-8-21)25(26,27)28/h4-9,14,19,22H,10-13,15H2,1-3H3,(H,29,32)(H,30,33). The fraction of sp³-hybridized carbons (Fsp3) is 0.440. The molecule has 1 unspecified atom stereocenters. The summed E-state index contributed by atoms with van der Waals surface area (Å²) in [5.41, 5.74) is -0.281. The topological polar surface area (TPSA) is 114 Å². The first kappa shape index (κ1) is 29.2. The fourth-order valence-corrected chi connectivity index (χ4v) is 5.69. The number of alkyl halides is 3. The molecule has 3 rings (SSSR count). The molecule has 0 spiro atoms. The molecule has 38 heavy (non-hydrogen) atoms. The van der Waals surface area contributed by atoms with Crippen LogP contribution in [0.4, 0.5) is 13.2 Å². The number of nitrogens with one attached hydrogen (secondary N) is 2. The number of sulfonamides is 1. The molecule has 1 aliphatic rings. The molecule has 2 N–H and O–H groups in total. The quantitative estimate of drug-likeness (QED) is 0.490. The molecule has 0 saturated carbocycles. The minimum atomic E-state index is -4.56. The van der Waals surface area contributed by atoms with E-state index in [1.165, 1.54) is 25.4 Å². The van der Waals surface area contributed by atoms with Crippen molar-refractivity contribution in [1.82, 2.24) is 14.9 Å². The molecule has 1 heterocycles. The molecule has 0 radical (unpaired) electrons. The summed E-state index contributed by atoms with van der Waals surface area (Å²) < 4.78 is 76.0. The zero-order valence-electron chi connectivity index (χ0n) is 21.2. The number of nitrogens with zero attached hydrogens (tertiary/aromatic N) is 1. The van der Waals surface area contributed by atoms with E-state index in [1.54, 1.807) is 18.2 Å². The van der Waals surface area contributed by atoms with Gasteiger partial charge >= 0.3 is 6.18 Å². The Balaban J connectivity index is 1.65. The Morgan fingerprint density at radius 1 is 1.05 bits per heavy atom. The Hall–Kier alpha value is -3.32. The van der Waals surface area contributed by atoms with Gasteiger partial charge in [-0.3, -0.25) is 9.59 Å². The van der Waals surface area contributed by atoms with Gasteiger partial charge in [-0.2, -0.15) is 17.5 Å². The van der Waals surface area contributed by atoms with Crippen molar-refractivity contribution in [3.05, 3.63) is 53.6 Å². The van der Waals surface area contributed by atoms with Gasteiger partial charge in [0.1, 0.15) is 17.5 Å². The lowest BCUT2D eigenvalue weighted by molar-refractivity contribution is -0.137. The zero-order valence-corrected chi connectivity index (χ0v) is 22.0. The summed E-state index contributed by atoms with van der Waals surface area (Å²) in [7, 11) is -0.994. The van der Waals surface area contributed by atoms with Gasteiger partial charge in [0.2, 0.25) is 21.8 Å². The second kappa shape index (κ2) is 12.0. The largest absolute Gasteiger partial charge is 0.497 e. The van der Waals surface area contributed by atoms with Crippen molar-refractivity contribution < 1.29 is 40.7 Å². The smallest absolute Gasteiger partial charge is 0.416 e. The molecule has 0 bridgehead atoms. The predicted molar refractivity (Wildman–Crippen MR) is 132 cm³/mol. The van der Waals surface area contributed by atoms with Gasteiger partial charge in [-0.05, 0) is 55.3 Å². The molecule has 1 aliphatic heterocycles. The molecule has 208 valence electrons. The van der Waals surface area contributed by atoms with Crippen LogP contribution in [0, 0.1) is 0 Å². The van der Waals surface area contributed by atoms with Gasteiger partial charge in [-0.15, -0.1) is 0 Å². The van der Waals surface area contributed by atoms with E-state index in [9.17, 15) is 31.2 Å². The average Bonchev–Trinajstić information content (AvgIpc) is 2.87. The van der Waals surface area contributed by atoms with Crippen LogP contribution in [-0.4, -0.2) is 63.9 Å². The van der Waals surface area contributed by atoms with Crippen LogP contribution in [-0.2, 0) is 32.2 Å². The summed E-state index contributed by atoms with van der Waals surface area (Å²) in [4.78, 5) is 24.7. The molecule has 1 atom stereocenters.